The summed E-state index contributed by atoms with van der Waals surface area (Å²) in [6, 6.07) is 0. The molecule has 0 aliphatic heterocycles. The number of hydrogen-bond donors (Lipinski definition) is 2. The Labute approximate surface area is 178 Å². The zero-order chi connectivity index (χ0) is 23.1. The maximum Gasteiger partial charge on any atom is 0.387 e. The van der Waals surface area contributed by atoms with Crippen molar-refractivity contribution in [1.82, 2.24) is 0 Å². The lowest BCUT2D eigenvalue weighted by atomic mass is 9.70. The third-order valence-electron chi connectivity index (χ3n) is 4.46. The minimum Gasteiger partial charge on any atom is -0.478 e. The predicted octanol–water partition coefficient (Wildman–Crippen LogP) is -4.41. The van der Waals surface area contributed by atoms with Crippen LogP contribution in [0.15, 0.2) is 0 Å². The monoisotopic (exact) mass is 432 g/mol. The van der Waals surface area contributed by atoms with Crippen LogP contribution in [0.1, 0.15) is 37.4 Å². The summed E-state index contributed by atoms with van der Waals surface area (Å²) in [5.41, 5.74) is 2.52. The molecule has 0 fully saturated rings. The van der Waals surface area contributed by atoms with Gasteiger partial charge >= 0.3 is 17.9 Å². The summed E-state index contributed by atoms with van der Waals surface area (Å²) in [6.45, 7) is -0.624. The number of hydrogen-bond acceptors (Lipinski definition) is 7. The molecule has 156 valence electrons. The molecule has 9 nitrogen and oxygen atoms in total. The van der Waals surface area contributed by atoms with Crippen LogP contribution in [0.5, 0.6) is 0 Å². The molecule has 0 amide bonds. The van der Waals surface area contributed by atoms with E-state index in [-0.39, 0.29) is 11.1 Å². The summed E-state index contributed by atoms with van der Waals surface area (Å²) in [7, 11) is 2.95. The minimum absolute atomic E-state index is 0.106. The van der Waals surface area contributed by atoms with E-state index in [4.69, 9.17) is 9.29 Å². The van der Waals surface area contributed by atoms with Crippen molar-refractivity contribution < 1.29 is 41.9 Å². The molecule has 1 aromatic carbocycles. The summed E-state index contributed by atoms with van der Waals surface area (Å²) in [5, 5.41) is 9.69. The highest BCUT2D eigenvalue weighted by molar-refractivity contribution is 7.85. The van der Waals surface area contributed by atoms with Crippen molar-refractivity contribution in [1.29, 1.82) is 0 Å². The van der Waals surface area contributed by atoms with Crippen LogP contribution >= 0.6 is 0 Å². The molecule has 0 radical (unpaired) electrons. The summed E-state index contributed by atoms with van der Waals surface area (Å²) in [6.07, 6.45) is 3.45. The van der Waals surface area contributed by atoms with Crippen LogP contribution in [0.2, 0.25) is 0 Å². The number of carbonyl (C=O) groups is 3. The Hall–Kier alpha value is -2.64. The van der Waals surface area contributed by atoms with Gasteiger partial charge in [-0.05, 0) is 5.56 Å². The average molecular weight is 432 g/mol. The zero-order valence-corrected chi connectivity index (χ0v) is 18.0. The first-order valence-electron chi connectivity index (χ1n) is 9.22. The molecule has 0 spiro atoms. The van der Waals surface area contributed by atoms with E-state index in [2.05, 4.69) is 4.74 Å². The van der Waals surface area contributed by atoms with E-state index in [1.807, 2.05) is 27.7 Å². The lowest BCUT2D eigenvalue weighted by molar-refractivity contribution is -0.136. The van der Waals surface area contributed by atoms with E-state index in [1.54, 1.807) is 15.7 Å². The number of ether oxygens (including phenoxy) is 2. The van der Waals surface area contributed by atoms with Crippen molar-refractivity contribution in [3.63, 3.8) is 0 Å². The standard InChI is InChI=1S/C16H20B4O9S/c17-5-8-9(6-18)12(13(15(22)23)14(20)10(8)7-19)16(24)29-2-1-11(21)28-3-4-30(25,26)27/h3-7,17-20H2,(H,22,23)(H,25,26,27). The van der Waals surface area contributed by atoms with Crippen LogP contribution in [0, 0.1) is 12.0 Å². The Morgan fingerprint density at radius 1 is 0.967 bits per heavy atom. The van der Waals surface area contributed by atoms with E-state index in [0.29, 0.717) is 30.0 Å². The van der Waals surface area contributed by atoms with Crippen molar-refractivity contribution in [2.45, 2.75) is 19.0 Å². The molecule has 0 saturated carbocycles. The molecule has 1 aromatic rings. The Balaban J connectivity index is 3.23. The highest BCUT2D eigenvalue weighted by Gasteiger charge is 2.27. The van der Waals surface area contributed by atoms with Crippen molar-refractivity contribution in [2.75, 3.05) is 12.4 Å². The first-order valence-corrected chi connectivity index (χ1v) is 10.8. The van der Waals surface area contributed by atoms with Crippen LogP contribution < -0.4 is 5.46 Å². The third kappa shape index (κ3) is 6.43. The van der Waals surface area contributed by atoms with Crippen LogP contribution in [0.4, 0.5) is 0 Å². The number of carboxylic acids is 1. The highest BCUT2D eigenvalue weighted by Crippen LogP contribution is 2.23. The van der Waals surface area contributed by atoms with Gasteiger partial charge in [0.1, 0.15) is 49.9 Å². The van der Waals surface area contributed by atoms with Crippen LogP contribution in [0.25, 0.3) is 0 Å². The Bertz CT molecular complexity index is 1030. The van der Waals surface area contributed by atoms with Gasteiger partial charge in [-0.2, -0.15) is 8.42 Å². The lowest BCUT2D eigenvalue weighted by Crippen LogP contribution is -2.29. The zero-order valence-electron chi connectivity index (χ0n) is 17.2. The van der Waals surface area contributed by atoms with Crippen molar-refractivity contribution in [2.24, 2.45) is 0 Å². The molecule has 0 aliphatic carbocycles. The number of aromatic carboxylic acids is 1. The molecule has 0 aliphatic rings. The number of carboxylic acid groups (broad SMARTS) is 1. The number of esters is 2. The summed E-state index contributed by atoms with van der Waals surface area (Å²) < 4.78 is 38.9. The normalized spacial score (nSPS) is 10.6. The summed E-state index contributed by atoms with van der Waals surface area (Å²) in [5.74, 6) is -2.42. The molecule has 0 saturated heterocycles. The molecule has 1 rings (SSSR count). The van der Waals surface area contributed by atoms with E-state index in [0.717, 1.165) is 11.1 Å². The van der Waals surface area contributed by atoms with Gasteiger partial charge < -0.3 is 14.6 Å². The van der Waals surface area contributed by atoms with Gasteiger partial charge in [0.05, 0.1) is 17.0 Å². The third-order valence-corrected chi connectivity index (χ3v) is 5.14. The fourth-order valence-corrected chi connectivity index (χ4v) is 3.57. The molecule has 30 heavy (non-hydrogen) atoms. The number of rotatable bonds is 8. The molecule has 0 atom stereocenters. The van der Waals surface area contributed by atoms with Gasteiger partial charge in [0.15, 0.2) is 0 Å². The van der Waals surface area contributed by atoms with Crippen molar-refractivity contribution in [3.8, 4) is 12.0 Å². The predicted molar refractivity (Wildman–Crippen MR) is 119 cm³/mol. The van der Waals surface area contributed by atoms with Crippen LogP contribution in [-0.2, 0) is 43.3 Å². The van der Waals surface area contributed by atoms with Gasteiger partial charge in [0.25, 0.3) is 10.1 Å². The topological polar surface area (TPSA) is 144 Å². The lowest BCUT2D eigenvalue weighted by Gasteiger charge is -2.21. The molecule has 0 unspecified atom stereocenters. The second kappa shape index (κ2) is 10.9. The molecular weight excluding hydrogens is 411 g/mol. The minimum atomic E-state index is -4.29. The second-order valence-corrected chi connectivity index (χ2v) is 7.79. The fourth-order valence-electron chi connectivity index (χ4n) is 3.28. The maximum atomic E-state index is 12.6. The fraction of sp³-hybridized carbons (Fsp3) is 0.312. The van der Waals surface area contributed by atoms with Gasteiger partial charge in [0.2, 0.25) is 0 Å². The summed E-state index contributed by atoms with van der Waals surface area (Å²) in [4.78, 5) is 35.9. The Morgan fingerprint density at radius 2 is 1.53 bits per heavy atom. The van der Waals surface area contributed by atoms with Gasteiger partial charge in [-0.3, -0.25) is 4.55 Å². The van der Waals surface area contributed by atoms with Gasteiger partial charge in [-0.1, -0.05) is 35.6 Å². The first kappa shape index (κ1) is 25.4. The van der Waals surface area contributed by atoms with E-state index in [1.165, 1.54) is 0 Å². The molecule has 0 aromatic heterocycles. The highest BCUT2D eigenvalue weighted by atomic mass is 32.2. The van der Waals surface area contributed by atoms with Crippen molar-refractivity contribution >= 4 is 64.9 Å². The van der Waals surface area contributed by atoms with E-state index < -0.39 is 40.4 Å². The Kier molecular flexibility index (Phi) is 9.26. The average Bonchev–Trinajstić information content (AvgIpc) is 2.65. The summed E-state index contributed by atoms with van der Waals surface area (Å²) >= 11 is 0. The van der Waals surface area contributed by atoms with E-state index in [9.17, 15) is 27.9 Å². The van der Waals surface area contributed by atoms with Crippen molar-refractivity contribution in [3.05, 3.63) is 27.8 Å². The molecule has 2 N–H and O–H groups in total. The number of benzene rings is 1. The SMILES string of the molecule is BCc1c(B)c(C(=O)O)c(C(=O)OC#CC(=O)OCCS(=O)(=O)O)c(CB)c1CB. The first-order chi connectivity index (χ1) is 14.0. The smallest absolute Gasteiger partial charge is 0.387 e. The quantitative estimate of drug-likeness (QED) is 0.180. The number of carbonyl (C=O) groups excluding carboxylic acids is 2. The van der Waals surface area contributed by atoms with Crippen LogP contribution in [0.3, 0.4) is 0 Å². The maximum absolute atomic E-state index is 12.6. The van der Waals surface area contributed by atoms with Crippen LogP contribution in [-0.4, -0.2) is 79.7 Å². The second-order valence-electron chi connectivity index (χ2n) is 6.22. The largest absolute Gasteiger partial charge is 0.478 e. The molecular formula is C16H20B4O9S. The molecule has 0 bridgehead atoms. The Morgan fingerprint density at radius 3 is 2.00 bits per heavy atom. The molecule has 0 heterocycles. The van der Waals surface area contributed by atoms with Gasteiger partial charge in [0, 0.05) is 0 Å². The van der Waals surface area contributed by atoms with E-state index >= 15 is 0 Å². The van der Waals surface area contributed by atoms with Gasteiger partial charge in [-0.25, -0.2) is 14.4 Å². The van der Waals surface area contributed by atoms with Gasteiger partial charge in [-0.15, -0.1) is 0 Å². The molecule has 14 heteroatoms.